The quantitative estimate of drug-likeness (QED) is 0.486. The Morgan fingerprint density at radius 3 is 2.59 bits per heavy atom. The van der Waals surface area contributed by atoms with E-state index in [1.54, 1.807) is 6.20 Å². The van der Waals surface area contributed by atoms with Gasteiger partial charge in [-0.3, -0.25) is 0 Å². The highest BCUT2D eigenvalue weighted by atomic mass is 16.5. The van der Waals surface area contributed by atoms with Crippen LogP contribution in [0.3, 0.4) is 0 Å². The molecule has 5 nitrogen and oxygen atoms in total. The Kier molecular flexibility index (Phi) is 7.90. The van der Waals surface area contributed by atoms with Crippen molar-refractivity contribution >= 4 is 0 Å². The van der Waals surface area contributed by atoms with Crippen molar-refractivity contribution in [1.29, 1.82) is 0 Å². The molecule has 0 aliphatic heterocycles. The second-order valence-corrected chi connectivity index (χ2v) is 6.69. The van der Waals surface area contributed by atoms with Gasteiger partial charge in [0.25, 0.3) is 0 Å². The van der Waals surface area contributed by atoms with Gasteiger partial charge in [0.1, 0.15) is 13.2 Å². The topological polar surface area (TPSA) is 52.6 Å². The van der Waals surface area contributed by atoms with Crippen LogP contribution in [0.15, 0.2) is 66.9 Å². The highest BCUT2D eigenvalue weighted by Crippen LogP contribution is 2.29. The molecule has 1 N–H and O–H groups in total. The third-order valence-corrected chi connectivity index (χ3v) is 4.28. The highest BCUT2D eigenvalue weighted by Gasteiger charge is 2.07. The Balaban J connectivity index is 1.50. The molecule has 1 heterocycles. The summed E-state index contributed by atoms with van der Waals surface area (Å²) in [7, 11) is 0. The molecule has 2 aromatic carbocycles. The lowest BCUT2D eigenvalue weighted by Gasteiger charge is -2.14. The summed E-state index contributed by atoms with van der Waals surface area (Å²) >= 11 is 0. The summed E-state index contributed by atoms with van der Waals surface area (Å²) in [4.78, 5) is 4.14. The summed E-state index contributed by atoms with van der Waals surface area (Å²) in [5.74, 6) is 2.17. The maximum Gasteiger partial charge on any atom is 0.213 e. The molecule has 0 amide bonds. The second-order valence-electron chi connectivity index (χ2n) is 6.69. The number of benzene rings is 2. The number of hydrogen-bond donors (Lipinski definition) is 1. The number of hydrogen-bond acceptors (Lipinski definition) is 5. The zero-order valence-electron chi connectivity index (χ0n) is 17.1. The van der Waals surface area contributed by atoms with Crippen molar-refractivity contribution in [3.05, 3.63) is 83.6 Å². The highest BCUT2D eigenvalue weighted by molar-refractivity contribution is 5.43. The van der Waals surface area contributed by atoms with Crippen LogP contribution in [0.5, 0.6) is 17.4 Å². The molecule has 3 aromatic rings. The Hall–Kier alpha value is -3.05. The van der Waals surface area contributed by atoms with Crippen LogP contribution in [0.1, 0.15) is 23.6 Å². The smallest absolute Gasteiger partial charge is 0.213 e. The molecule has 0 saturated heterocycles. The lowest BCUT2D eigenvalue weighted by molar-refractivity contribution is 0.269. The molecule has 0 radical (unpaired) electrons. The molecular formula is C24H28N2O3. The average molecular weight is 392 g/mol. The molecular weight excluding hydrogens is 364 g/mol. The number of aromatic nitrogens is 1. The van der Waals surface area contributed by atoms with Gasteiger partial charge in [-0.1, -0.05) is 42.0 Å². The fourth-order valence-electron chi connectivity index (χ4n) is 2.91. The maximum atomic E-state index is 6.01. The van der Waals surface area contributed by atoms with Crippen LogP contribution < -0.4 is 19.5 Å². The number of rotatable bonds is 11. The van der Waals surface area contributed by atoms with Crippen molar-refractivity contribution in [2.24, 2.45) is 0 Å². The largest absolute Gasteiger partial charge is 0.490 e. The Morgan fingerprint density at radius 1 is 0.862 bits per heavy atom. The van der Waals surface area contributed by atoms with Crippen molar-refractivity contribution in [3.8, 4) is 17.4 Å². The summed E-state index contributed by atoms with van der Waals surface area (Å²) < 4.78 is 17.4. The zero-order chi connectivity index (χ0) is 20.3. The number of pyridine rings is 1. The van der Waals surface area contributed by atoms with Crippen LogP contribution in [0.25, 0.3) is 0 Å². The third kappa shape index (κ3) is 6.80. The van der Waals surface area contributed by atoms with Gasteiger partial charge in [0.15, 0.2) is 11.5 Å². The van der Waals surface area contributed by atoms with Crippen molar-refractivity contribution in [2.75, 3.05) is 19.8 Å². The predicted octanol–water partition coefficient (Wildman–Crippen LogP) is 4.54. The number of ether oxygens (including phenoxy) is 3. The van der Waals surface area contributed by atoms with Gasteiger partial charge in [0, 0.05) is 25.4 Å². The zero-order valence-corrected chi connectivity index (χ0v) is 17.1. The van der Waals surface area contributed by atoms with E-state index in [1.165, 1.54) is 5.56 Å². The van der Waals surface area contributed by atoms with E-state index in [-0.39, 0.29) is 0 Å². The first-order valence-electron chi connectivity index (χ1n) is 9.93. The molecule has 0 unspecified atom stereocenters. The van der Waals surface area contributed by atoms with Gasteiger partial charge in [-0.15, -0.1) is 0 Å². The lowest BCUT2D eigenvalue weighted by Crippen LogP contribution is -2.20. The van der Waals surface area contributed by atoms with Crippen molar-refractivity contribution in [1.82, 2.24) is 10.3 Å². The van der Waals surface area contributed by atoms with Crippen molar-refractivity contribution in [3.63, 3.8) is 0 Å². The normalized spacial score (nSPS) is 10.6. The maximum absolute atomic E-state index is 6.01. The fourth-order valence-corrected chi connectivity index (χ4v) is 2.91. The molecule has 0 aliphatic carbocycles. The standard InChI is InChI=1S/C24H28N2O3/c1-3-27-23-16-20(17-25-13-14-28-24-9-4-5-12-26-24)10-11-22(23)29-18-21-8-6-7-19(2)15-21/h4-12,15-16,25H,3,13-14,17-18H2,1-2H3. The Bertz CT molecular complexity index is 884. The van der Waals surface area contributed by atoms with Crippen LogP contribution in [0.2, 0.25) is 0 Å². The van der Waals surface area contributed by atoms with E-state index in [0.717, 1.165) is 35.7 Å². The van der Waals surface area contributed by atoms with Gasteiger partial charge in [0.05, 0.1) is 6.61 Å². The third-order valence-electron chi connectivity index (χ3n) is 4.28. The van der Waals surface area contributed by atoms with Gasteiger partial charge < -0.3 is 19.5 Å². The lowest BCUT2D eigenvalue weighted by atomic mass is 10.1. The number of aryl methyl sites for hydroxylation is 1. The van der Waals surface area contributed by atoms with Gasteiger partial charge in [-0.2, -0.15) is 0 Å². The van der Waals surface area contributed by atoms with Crippen LogP contribution >= 0.6 is 0 Å². The SMILES string of the molecule is CCOc1cc(CNCCOc2ccccn2)ccc1OCc1cccc(C)c1. The molecule has 0 atom stereocenters. The van der Waals surface area contributed by atoms with Gasteiger partial charge in [-0.25, -0.2) is 4.98 Å². The summed E-state index contributed by atoms with van der Waals surface area (Å²) in [6.45, 7) is 7.19. The molecule has 0 spiro atoms. The Morgan fingerprint density at radius 2 is 1.79 bits per heavy atom. The van der Waals surface area contributed by atoms with E-state index in [1.807, 2.05) is 43.3 Å². The number of nitrogens with one attached hydrogen (secondary N) is 1. The monoisotopic (exact) mass is 392 g/mol. The first kappa shape index (κ1) is 20.7. The van der Waals surface area contributed by atoms with Gasteiger partial charge >= 0.3 is 0 Å². The fraction of sp³-hybridized carbons (Fsp3) is 0.292. The van der Waals surface area contributed by atoms with Crippen molar-refractivity contribution in [2.45, 2.75) is 27.0 Å². The molecule has 0 fully saturated rings. The molecule has 3 rings (SSSR count). The van der Waals surface area contributed by atoms with E-state index in [4.69, 9.17) is 14.2 Å². The molecule has 152 valence electrons. The second kappa shape index (κ2) is 11.1. The van der Waals surface area contributed by atoms with E-state index in [0.29, 0.717) is 25.7 Å². The summed E-state index contributed by atoms with van der Waals surface area (Å²) in [6.07, 6.45) is 1.72. The first-order chi connectivity index (χ1) is 14.2. The summed E-state index contributed by atoms with van der Waals surface area (Å²) in [5, 5.41) is 3.38. The minimum Gasteiger partial charge on any atom is -0.490 e. The van der Waals surface area contributed by atoms with E-state index >= 15 is 0 Å². The van der Waals surface area contributed by atoms with Crippen LogP contribution in [-0.2, 0) is 13.2 Å². The molecule has 5 heteroatoms. The molecule has 1 aromatic heterocycles. The molecule has 0 bridgehead atoms. The van der Waals surface area contributed by atoms with Crippen LogP contribution in [-0.4, -0.2) is 24.7 Å². The van der Waals surface area contributed by atoms with E-state index in [9.17, 15) is 0 Å². The van der Waals surface area contributed by atoms with E-state index < -0.39 is 0 Å². The minimum absolute atomic E-state index is 0.518. The van der Waals surface area contributed by atoms with Gasteiger partial charge in [0.2, 0.25) is 5.88 Å². The minimum atomic E-state index is 0.518. The number of nitrogens with zero attached hydrogens (tertiary/aromatic N) is 1. The van der Waals surface area contributed by atoms with Crippen LogP contribution in [0, 0.1) is 6.92 Å². The molecule has 0 saturated carbocycles. The molecule has 0 aliphatic rings. The van der Waals surface area contributed by atoms with Crippen molar-refractivity contribution < 1.29 is 14.2 Å². The summed E-state index contributed by atoms with van der Waals surface area (Å²) in [6, 6.07) is 20.0. The average Bonchev–Trinajstić information content (AvgIpc) is 2.74. The molecule has 29 heavy (non-hydrogen) atoms. The Labute approximate surface area is 172 Å². The summed E-state index contributed by atoms with van der Waals surface area (Å²) in [5.41, 5.74) is 3.50. The van der Waals surface area contributed by atoms with Crippen LogP contribution in [0.4, 0.5) is 0 Å². The van der Waals surface area contributed by atoms with Gasteiger partial charge in [-0.05, 0) is 43.2 Å². The first-order valence-corrected chi connectivity index (χ1v) is 9.93. The van der Waals surface area contributed by atoms with E-state index in [2.05, 4.69) is 41.5 Å². The predicted molar refractivity (Wildman–Crippen MR) is 115 cm³/mol.